The van der Waals surface area contributed by atoms with E-state index in [9.17, 15) is 9.59 Å². The zero-order chi connectivity index (χ0) is 26.8. The molecule has 1 aliphatic heterocycles. The molecule has 1 fully saturated rings. The van der Waals surface area contributed by atoms with Crippen LogP contribution in [0.2, 0.25) is 0 Å². The molecule has 38 heavy (non-hydrogen) atoms. The second-order valence-corrected chi connectivity index (χ2v) is 10.5. The van der Waals surface area contributed by atoms with Crippen LogP contribution in [0.4, 0.5) is 5.69 Å². The number of benzene rings is 2. The van der Waals surface area contributed by atoms with Crippen molar-refractivity contribution in [3.63, 3.8) is 0 Å². The highest BCUT2D eigenvalue weighted by molar-refractivity contribution is 6.04. The number of hydrogen-bond donors (Lipinski definition) is 1. The summed E-state index contributed by atoms with van der Waals surface area (Å²) in [5, 5.41) is 7.78. The number of rotatable bonds is 6. The third kappa shape index (κ3) is 5.39. The first kappa shape index (κ1) is 25.8. The lowest BCUT2D eigenvalue weighted by Gasteiger charge is -2.36. The summed E-state index contributed by atoms with van der Waals surface area (Å²) >= 11 is 0. The Morgan fingerprint density at radius 2 is 1.71 bits per heavy atom. The number of anilines is 1. The van der Waals surface area contributed by atoms with Crippen LogP contribution in [0.5, 0.6) is 11.5 Å². The van der Waals surface area contributed by atoms with Crippen molar-refractivity contribution in [2.24, 2.45) is 7.05 Å². The van der Waals surface area contributed by atoms with Gasteiger partial charge in [-0.05, 0) is 69.0 Å². The molecule has 2 amide bonds. The van der Waals surface area contributed by atoms with Gasteiger partial charge in [-0.15, -0.1) is 0 Å². The number of carbonyl (C=O) groups excluding carboxylic acids is 2. The van der Waals surface area contributed by atoms with Crippen LogP contribution in [0.1, 0.15) is 60.5 Å². The van der Waals surface area contributed by atoms with Gasteiger partial charge >= 0.3 is 0 Å². The number of aromatic nitrogens is 2. The first-order chi connectivity index (χ1) is 18.3. The summed E-state index contributed by atoms with van der Waals surface area (Å²) in [6, 6.07) is 12.4. The molecule has 2 unspecified atom stereocenters. The molecule has 200 valence electrons. The number of fused-ring (bicyclic) bond motifs is 1. The van der Waals surface area contributed by atoms with E-state index in [4.69, 9.17) is 9.47 Å². The Morgan fingerprint density at radius 1 is 1.03 bits per heavy atom. The first-order valence-electron chi connectivity index (χ1n) is 13.4. The summed E-state index contributed by atoms with van der Waals surface area (Å²) in [5.41, 5.74) is 4.02. The Kier molecular flexibility index (Phi) is 7.40. The second kappa shape index (κ2) is 10.9. The van der Waals surface area contributed by atoms with Gasteiger partial charge in [-0.25, -0.2) is 0 Å². The summed E-state index contributed by atoms with van der Waals surface area (Å²) in [5.74, 6) is 0.566. The average Bonchev–Trinajstić information content (AvgIpc) is 3.23. The van der Waals surface area contributed by atoms with Crippen LogP contribution in [0.3, 0.4) is 0 Å². The number of ether oxygens (including phenoxy) is 2. The van der Waals surface area contributed by atoms with Gasteiger partial charge in [-0.1, -0.05) is 37.5 Å². The normalized spacial score (nSPS) is 18.1. The van der Waals surface area contributed by atoms with Crippen molar-refractivity contribution in [3.8, 4) is 11.5 Å². The molecule has 8 nitrogen and oxygen atoms in total. The summed E-state index contributed by atoms with van der Waals surface area (Å²) in [6.07, 6.45) is 6.17. The van der Waals surface area contributed by atoms with Crippen molar-refractivity contribution in [2.45, 2.75) is 71.1 Å². The molecule has 2 aliphatic rings. The van der Waals surface area contributed by atoms with Gasteiger partial charge < -0.3 is 14.8 Å². The molecule has 1 aliphatic carbocycles. The van der Waals surface area contributed by atoms with Crippen LogP contribution < -0.4 is 19.7 Å². The Labute approximate surface area is 223 Å². The lowest BCUT2D eigenvalue weighted by molar-refractivity contribution is -0.132. The molecular weight excluding hydrogens is 480 g/mol. The highest BCUT2D eigenvalue weighted by Gasteiger charge is 2.41. The Bertz CT molecular complexity index is 1310. The highest BCUT2D eigenvalue weighted by Crippen LogP contribution is 2.36. The number of hydrogen-bond acceptors (Lipinski definition) is 5. The molecule has 1 N–H and O–H groups in total. The standard InChI is InChI=1S/C30H36N4O4/c1-19-14-20(2)16-23(15-19)34(30(36)27-18-37-25-12-8-9-13-26(25)38-27)28(24-17-33(4)32-21(24)3)29(35)31-22-10-6-5-7-11-22/h8-9,12-17,22,27-28H,5-7,10-11,18H2,1-4H3,(H,31,35). The van der Waals surface area contributed by atoms with Crippen molar-refractivity contribution in [2.75, 3.05) is 11.5 Å². The minimum absolute atomic E-state index is 0.0557. The summed E-state index contributed by atoms with van der Waals surface area (Å²) in [7, 11) is 1.82. The molecule has 1 saturated carbocycles. The fraction of sp³-hybridized carbons (Fsp3) is 0.433. The molecular formula is C30H36N4O4. The van der Waals surface area contributed by atoms with Crippen molar-refractivity contribution in [1.29, 1.82) is 0 Å². The molecule has 5 rings (SSSR count). The maximum absolute atomic E-state index is 14.4. The number of carbonyl (C=O) groups is 2. The minimum Gasteiger partial charge on any atom is -0.485 e. The molecule has 0 bridgehead atoms. The van der Waals surface area contributed by atoms with E-state index in [0.29, 0.717) is 28.4 Å². The molecule has 0 radical (unpaired) electrons. The number of nitrogens with one attached hydrogen (secondary N) is 1. The SMILES string of the molecule is Cc1cc(C)cc(N(C(=O)C2COc3ccccc3O2)C(C(=O)NC2CCCCC2)c2cn(C)nc2C)c1. The lowest BCUT2D eigenvalue weighted by atomic mass is 9.94. The van der Waals surface area contributed by atoms with E-state index < -0.39 is 12.1 Å². The van der Waals surface area contributed by atoms with Crippen LogP contribution in [-0.4, -0.2) is 40.3 Å². The molecule has 0 saturated heterocycles. The zero-order valence-electron chi connectivity index (χ0n) is 22.6. The Hall–Kier alpha value is -3.81. The van der Waals surface area contributed by atoms with E-state index in [2.05, 4.69) is 16.5 Å². The van der Waals surface area contributed by atoms with Crippen molar-refractivity contribution in [3.05, 3.63) is 71.0 Å². The summed E-state index contributed by atoms with van der Waals surface area (Å²) in [4.78, 5) is 30.1. The molecule has 2 aromatic carbocycles. The van der Waals surface area contributed by atoms with Gasteiger partial charge in [-0.2, -0.15) is 5.10 Å². The van der Waals surface area contributed by atoms with E-state index in [0.717, 1.165) is 36.8 Å². The van der Waals surface area contributed by atoms with Crippen LogP contribution in [0, 0.1) is 20.8 Å². The van der Waals surface area contributed by atoms with E-state index >= 15 is 0 Å². The smallest absolute Gasteiger partial charge is 0.272 e. The largest absolute Gasteiger partial charge is 0.485 e. The molecule has 2 atom stereocenters. The van der Waals surface area contributed by atoms with Gasteiger partial charge in [0.25, 0.3) is 5.91 Å². The number of amides is 2. The molecule has 1 aromatic heterocycles. The quantitative estimate of drug-likeness (QED) is 0.513. The van der Waals surface area contributed by atoms with E-state index in [1.807, 2.05) is 64.3 Å². The zero-order valence-corrected chi connectivity index (χ0v) is 22.6. The fourth-order valence-corrected chi connectivity index (χ4v) is 5.60. The maximum atomic E-state index is 14.4. The predicted octanol–water partition coefficient (Wildman–Crippen LogP) is 4.71. The van der Waals surface area contributed by atoms with Crippen LogP contribution in [0.25, 0.3) is 0 Å². The maximum Gasteiger partial charge on any atom is 0.272 e. The molecule has 8 heteroatoms. The molecule has 3 aromatic rings. The van der Waals surface area contributed by atoms with E-state index in [1.165, 1.54) is 6.42 Å². The lowest BCUT2D eigenvalue weighted by Crippen LogP contribution is -2.52. The van der Waals surface area contributed by atoms with Crippen LogP contribution in [-0.2, 0) is 16.6 Å². The van der Waals surface area contributed by atoms with Crippen molar-refractivity contribution < 1.29 is 19.1 Å². The number of aryl methyl sites for hydroxylation is 4. The van der Waals surface area contributed by atoms with Crippen LogP contribution >= 0.6 is 0 Å². The Morgan fingerprint density at radius 3 is 2.37 bits per heavy atom. The van der Waals surface area contributed by atoms with Gasteiger partial charge in [0.05, 0.1) is 5.69 Å². The third-order valence-corrected chi connectivity index (χ3v) is 7.31. The van der Waals surface area contributed by atoms with E-state index in [1.54, 1.807) is 15.6 Å². The van der Waals surface area contributed by atoms with Gasteiger partial charge in [-0.3, -0.25) is 19.2 Å². The average molecular weight is 517 g/mol. The number of nitrogens with zero attached hydrogens (tertiary/aromatic N) is 3. The predicted molar refractivity (Wildman–Crippen MR) is 145 cm³/mol. The fourth-order valence-electron chi connectivity index (χ4n) is 5.60. The second-order valence-electron chi connectivity index (χ2n) is 10.5. The van der Waals surface area contributed by atoms with Gasteiger partial charge in [0.1, 0.15) is 12.6 Å². The van der Waals surface area contributed by atoms with Gasteiger partial charge in [0, 0.05) is 30.5 Å². The summed E-state index contributed by atoms with van der Waals surface area (Å²) < 4.78 is 13.7. The molecule has 0 spiro atoms. The highest BCUT2D eigenvalue weighted by atomic mass is 16.6. The Balaban J connectivity index is 1.58. The first-order valence-corrected chi connectivity index (χ1v) is 13.4. The van der Waals surface area contributed by atoms with Gasteiger partial charge in [0.15, 0.2) is 11.5 Å². The minimum atomic E-state index is -0.917. The topological polar surface area (TPSA) is 85.7 Å². The van der Waals surface area contributed by atoms with Crippen molar-refractivity contribution in [1.82, 2.24) is 15.1 Å². The van der Waals surface area contributed by atoms with E-state index in [-0.39, 0.29) is 24.5 Å². The number of para-hydroxylation sites is 2. The summed E-state index contributed by atoms with van der Waals surface area (Å²) in [6.45, 7) is 5.90. The third-order valence-electron chi connectivity index (χ3n) is 7.31. The van der Waals surface area contributed by atoms with Gasteiger partial charge in [0.2, 0.25) is 12.0 Å². The molecule has 2 heterocycles. The van der Waals surface area contributed by atoms with Crippen LogP contribution in [0.15, 0.2) is 48.7 Å². The van der Waals surface area contributed by atoms with Crippen molar-refractivity contribution >= 4 is 17.5 Å². The monoisotopic (exact) mass is 516 g/mol.